The van der Waals surface area contributed by atoms with E-state index in [1.165, 1.54) is 13.0 Å². The zero-order valence-electron chi connectivity index (χ0n) is 16.7. The topological polar surface area (TPSA) is 82.0 Å². The lowest BCUT2D eigenvalue weighted by Gasteiger charge is -2.27. The van der Waals surface area contributed by atoms with Crippen LogP contribution in [0.2, 0.25) is 0 Å². The Balaban J connectivity index is 1.71. The highest BCUT2D eigenvalue weighted by Crippen LogP contribution is 2.31. The molecule has 6 nitrogen and oxygen atoms in total. The van der Waals surface area contributed by atoms with Crippen LogP contribution in [0.5, 0.6) is 0 Å². The fraction of sp³-hybridized carbons (Fsp3) is 0.524. The largest absolute Gasteiger partial charge is 0.465 e. The van der Waals surface area contributed by atoms with Gasteiger partial charge in [0.25, 0.3) is 0 Å². The highest BCUT2D eigenvalue weighted by Gasteiger charge is 2.48. The highest BCUT2D eigenvalue weighted by atomic mass is 32.2. The molecule has 0 bridgehead atoms. The van der Waals surface area contributed by atoms with Gasteiger partial charge in [0, 0.05) is 30.6 Å². The maximum atomic E-state index is 14.4. The quantitative estimate of drug-likeness (QED) is 0.521. The molecule has 0 radical (unpaired) electrons. The average molecular weight is 421 g/mol. The molecule has 0 amide bonds. The Labute approximate surface area is 170 Å². The summed E-state index contributed by atoms with van der Waals surface area (Å²) in [7, 11) is -3.76. The maximum absolute atomic E-state index is 14.4. The van der Waals surface area contributed by atoms with Crippen molar-refractivity contribution in [1.29, 1.82) is 0 Å². The summed E-state index contributed by atoms with van der Waals surface area (Å²) in [5, 5.41) is 3.98. The third-order valence-corrected chi connectivity index (χ3v) is 7.14. The number of halogens is 1. The molecule has 0 spiro atoms. The summed E-state index contributed by atoms with van der Waals surface area (Å²) in [6, 6.07) is 4.67. The van der Waals surface area contributed by atoms with E-state index in [0.717, 1.165) is 19.1 Å². The van der Waals surface area contributed by atoms with Crippen LogP contribution in [0, 0.1) is 23.6 Å². The van der Waals surface area contributed by atoms with Crippen molar-refractivity contribution in [3.63, 3.8) is 0 Å². The van der Waals surface area contributed by atoms with Crippen LogP contribution in [-0.2, 0) is 24.2 Å². The average Bonchev–Trinajstić information content (AvgIpc) is 3.36. The molecular weight excluding hydrogens is 397 g/mol. The molecule has 2 unspecified atom stereocenters. The van der Waals surface area contributed by atoms with Crippen LogP contribution in [-0.4, -0.2) is 43.8 Å². The number of oxime groups is 1. The van der Waals surface area contributed by atoms with Crippen molar-refractivity contribution < 1.29 is 27.2 Å². The molecule has 1 saturated carbocycles. The first-order valence-electron chi connectivity index (χ1n) is 9.55. The maximum Gasteiger partial charge on any atom is 0.327 e. The number of sulfone groups is 1. The van der Waals surface area contributed by atoms with E-state index in [1.807, 2.05) is 0 Å². The van der Waals surface area contributed by atoms with Gasteiger partial charge in [-0.1, -0.05) is 23.1 Å². The van der Waals surface area contributed by atoms with E-state index in [-0.39, 0.29) is 19.4 Å². The van der Waals surface area contributed by atoms with Gasteiger partial charge < -0.3 is 9.57 Å². The van der Waals surface area contributed by atoms with E-state index in [0.29, 0.717) is 22.8 Å². The molecule has 3 rings (SSSR count). The van der Waals surface area contributed by atoms with Crippen molar-refractivity contribution in [3.05, 3.63) is 35.1 Å². The number of benzene rings is 1. The summed E-state index contributed by atoms with van der Waals surface area (Å²) in [5.74, 6) is 5.01. The second-order valence-electron chi connectivity index (χ2n) is 7.64. The Morgan fingerprint density at radius 1 is 1.41 bits per heavy atom. The van der Waals surface area contributed by atoms with E-state index >= 15 is 0 Å². The summed E-state index contributed by atoms with van der Waals surface area (Å²) >= 11 is 0. The standard InChI is InChI=1S/C21H24FNO5S/c1-4-27-20(24)21(2,29(3,25)26)13-17-12-19(23-28-17)16-10-9-15(18(22)11-16)8-7-14-5-6-14/h9-11,14,17H,4-6,12-13H2,1-3H3. The Bertz CT molecular complexity index is 1000. The molecule has 0 saturated heterocycles. The minimum atomic E-state index is -3.76. The Morgan fingerprint density at radius 2 is 2.14 bits per heavy atom. The van der Waals surface area contributed by atoms with Crippen LogP contribution in [0.25, 0.3) is 0 Å². The second-order valence-corrected chi connectivity index (χ2v) is 10.1. The van der Waals surface area contributed by atoms with E-state index in [4.69, 9.17) is 9.57 Å². The Kier molecular flexibility index (Phi) is 5.99. The van der Waals surface area contributed by atoms with Crippen molar-refractivity contribution in [1.82, 2.24) is 0 Å². The van der Waals surface area contributed by atoms with Crippen molar-refractivity contribution in [3.8, 4) is 11.8 Å². The van der Waals surface area contributed by atoms with Crippen LogP contribution in [0.1, 0.15) is 50.7 Å². The molecular formula is C21H24FNO5S. The lowest BCUT2D eigenvalue weighted by molar-refractivity contribution is -0.146. The molecule has 1 heterocycles. The third-order valence-electron chi connectivity index (χ3n) is 5.17. The molecule has 8 heteroatoms. The smallest absolute Gasteiger partial charge is 0.327 e. The first-order chi connectivity index (χ1) is 13.6. The van der Waals surface area contributed by atoms with Crippen LogP contribution < -0.4 is 0 Å². The van der Waals surface area contributed by atoms with Gasteiger partial charge in [-0.25, -0.2) is 12.8 Å². The molecule has 1 aromatic carbocycles. The molecule has 0 aromatic heterocycles. The van der Waals surface area contributed by atoms with Crippen LogP contribution in [0.4, 0.5) is 4.39 Å². The number of rotatable bonds is 6. The van der Waals surface area contributed by atoms with Gasteiger partial charge >= 0.3 is 5.97 Å². The van der Waals surface area contributed by atoms with Crippen molar-refractivity contribution in [2.24, 2.45) is 11.1 Å². The lowest BCUT2D eigenvalue weighted by atomic mass is 9.96. The van der Waals surface area contributed by atoms with Gasteiger partial charge in [-0.05, 0) is 38.8 Å². The summed E-state index contributed by atoms with van der Waals surface area (Å²) < 4.78 is 42.1. The SMILES string of the molecule is CCOC(=O)C(C)(CC1CC(c2ccc(C#CC3CC3)c(F)c2)=NO1)S(C)(=O)=O. The normalized spacial score (nSPS) is 20.7. The predicted octanol–water partition coefficient (Wildman–Crippen LogP) is 2.84. The molecule has 1 aliphatic heterocycles. The highest BCUT2D eigenvalue weighted by molar-refractivity contribution is 7.92. The fourth-order valence-corrected chi connectivity index (χ4v) is 3.87. The van der Waals surface area contributed by atoms with E-state index in [1.54, 1.807) is 19.1 Å². The van der Waals surface area contributed by atoms with E-state index in [2.05, 4.69) is 17.0 Å². The molecule has 1 aromatic rings. The van der Waals surface area contributed by atoms with Gasteiger partial charge in [0.05, 0.1) is 17.9 Å². The minimum absolute atomic E-state index is 0.0759. The number of hydrogen-bond donors (Lipinski definition) is 0. The van der Waals surface area contributed by atoms with Crippen molar-refractivity contribution in [2.45, 2.75) is 50.4 Å². The molecule has 1 aliphatic carbocycles. The Morgan fingerprint density at radius 3 is 2.72 bits per heavy atom. The first-order valence-corrected chi connectivity index (χ1v) is 11.4. The third kappa shape index (κ3) is 4.78. The summed E-state index contributed by atoms with van der Waals surface area (Å²) in [5.41, 5.74) is 1.37. The zero-order chi connectivity index (χ0) is 21.2. The second kappa shape index (κ2) is 8.15. The molecule has 2 aliphatic rings. The van der Waals surface area contributed by atoms with Crippen LogP contribution in [0.3, 0.4) is 0 Å². The van der Waals surface area contributed by atoms with E-state index in [9.17, 15) is 17.6 Å². The summed E-state index contributed by atoms with van der Waals surface area (Å²) in [6.07, 6.45) is 2.66. The monoisotopic (exact) mass is 421 g/mol. The summed E-state index contributed by atoms with van der Waals surface area (Å²) in [6.45, 7) is 3.02. The minimum Gasteiger partial charge on any atom is -0.465 e. The molecule has 0 N–H and O–H groups in total. The Hall–Kier alpha value is -2.40. The number of carbonyl (C=O) groups excluding carboxylic acids is 1. The molecule has 1 fully saturated rings. The zero-order valence-corrected chi connectivity index (χ0v) is 17.5. The van der Waals surface area contributed by atoms with Gasteiger partial charge in [0.1, 0.15) is 11.9 Å². The predicted molar refractivity (Wildman–Crippen MR) is 107 cm³/mol. The fourth-order valence-electron chi connectivity index (χ4n) is 3.02. The number of carbonyl (C=O) groups is 1. The number of hydrogen-bond acceptors (Lipinski definition) is 6. The van der Waals surface area contributed by atoms with Crippen molar-refractivity contribution in [2.75, 3.05) is 12.9 Å². The molecule has 156 valence electrons. The van der Waals surface area contributed by atoms with Gasteiger partial charge in [-0.2, -0.15) is 0 Å². The lowest BCUT2D eigenvalue weighted by Crippen LogP contribution is -2.47. The number of esters is 1. The van der Waals surface area contributed by atoms with Gasteiger partial charge in [-0.3, -0.25) is 4.79 Å². The summed E-state index contributed by atoms with van der Waals surface area (Å²) in [4.78, 5) is 17.7. The van der Waals surface area contributed by atoms with Crippen molar-refractivity contribution >= 4 is 21.5 Å². The molecule has 29 heavy (non-hydrogen) atoms. The van der Waals surface area contributed by atoms with Gasteiger partial charge in [0.2, 0.25) is 0 Å². The van der Waals surface area contributed by atoms with Gasteiger partial charge in [-0.15, -0.1) is 0 Å². The first kappa shape index (κ1) is 21.3. The molecule has 2 atom stereocenters. The number of ether oxygens (including phenoxy) is 1. The van der Waals surface area contributed by atoms with E-state index < -0.39 is 32.5 Å². The van der Waals surface area contributed by atoms with Crippen LogP contribution in [0.15, 0.2) is 23.4 Å². The number of nitrogens with zero attached hydrogens (tertiary/aromatic N) is 1. The van der Waals surface area contributed by atoms with Crippen LogP contribution >= 0.6 is 0 Å². The van der Waals surface area contributed by atoms with Gasteiger partial charge in [0.15, 0.2) is 14.6 Å².